The van der Waals surface area contributed by atoms with E-state index in [9.17, 15) is 9.90 Å². The van der Waals surface area contributed by atoms with Crippen LogP contribution in [0.25, 0.3) is 0 Å². The van der Waals surface area contributed by atoms with E-state index in [4.69, 9.17) is 10.8 Å². The maximum absolute atomic E-state index is 10.6. The molecular weight excluding hydrogens is 194 g/mol. The van der Waals surface area contributed by atoms with Crippen LogP contribution in [0.1, 0.15) is 24.2 Å². The van der Waals surface area contributed by atoms with Gasteiger partial charge in [0.2, 0.25) is 0 Å². The molecule has 1 aromatic carbocycles. The predicted octanol–water partition coefficient (Wildman–Crippen LogP) is 0.694. The number of hydrogen-bond donors (Lipinski definition) is 3. The Morgan fingerprint density at radius 2 is 2.07 bits per heavy atom. The molecule has 0 heterocycles. The second-order valence-corrected chi connectivity index (χ2v) is 3.52. The summed E-state index contributed by atoms with van der Waals surface area (Å²) in [6.45, 7) is 1.64. The summed E-state index contributed by atoms with van der Waals surface area (Å²) >= 11 is 0. The van der Waals surface area contributed by atoms with E-state index < -0.39 is 18.1 Å². The zero-order valence-corrected chi connectivity index (χ0v) is 8.55. The number of hydrogen-bond acceptors (Lipinski definition) is 3. The van der Waals surface area contributed by atoms with E-state index in [0.29, 0.717) is 0 Å². The van der Waals surface area contributed by atoms with Crippen LogP contribution >= 0.6 is 0 Å². The van der Waals surface area contributed by atoms with Gasteiger partial charge in [-0.25, -0.2) is 0 Å². The van der Waals surface area contributed by atoms with Gasteiger partial charge in [-0.3, -0.25) is 4.79 Å². The average Bonchev–Trinajstić information content (AvgIpc) is 2.18. The fraction of sp³-hybridized carbons (Fsp3) is 0.364. The van der Waals surface area contributed by atoms with E-state index >= 15 is 0 Å². The van der Waals surface area contributed by atoms with Gasteiger partial charge >= 0.3 is 5.97 Å². The van der Waals surface area contributed by atoms with Crippen molar-refractivity contribution in [2.45, 2.75) is 25.5 Å². The lowest BCUT2D eigenvalue weighted by Crippen LogP contribution is -2.32. The molecular formula is C11H15NO3. The summed E-state index contributed by atoms with van der Waals surface area (Å²) in [6.07, 6.45) is -0.377. The normalized spacial score (nSPS) is 14.6. The average molecular weight is 209 g/mol. The van der Waals surface area contributed by atoms with Crippen molar-refractivity contribution in [2.75, 3.05) is 0 Å². The first-order chi connectivity index (χ1) is 7.02. The SMILES string of the molecule is CC(O)c1ccccc1CC(N)C(=O)O. The molecule has 2 atom stereocenters. The largest absolute Gasteiger partial charge is 0.480 e. The molecule has 0 radical (unpaired) electrons. The van der Waals surface area contributed by atoms with Crippen LogP contribution < -0.4 is 5.73 Å². The van der Waals surface area contributed by atoms with Crippen molar-refractivity contribution in [1.82, 2.24) is 0 Å². The number of carboxylic acids is 1. The number of carboxylic acid groups (broad SMARTS) is 1. The first-order valence-corrected chi connectivity index (χ1v) is 4.76. The van der Waals surface area contributed by atoms with Gasteiger partial charge in [0.05, 0.1) is 6.10 Å². The summed E-state index contributed by atoms with van der Waals surface area (Å²) in [6, 6.07) is 6.23. The van der Waals surface area contributed by atoms with Crippen LogP contribution in [0.5, 0.6) is 0 Å². The molecule has 0 saturated carbocycles. The number of carbonyl (C=O) groups is 1. The zero-order valence-electron chi connectivity index (χ0n) is 8.55. The molecule has 0 fully saturated rings. The fourth-order valence-corrected chi connectivity index (χ4v) is 1.45. The summed E-state index contributed by atoms with van der Waals surface area (Å²) in [5.41, 5.74) is 6.95. The van der Waals surface area contributed by atoms with Crippen molar-refractivity contribution >= 4 is 5.97 Å². The highest BCUT2D eigenvalue weighted by Gasteiger charge is 2.15. The van der Waals surface area contributed by atoms with Crippen molar-refractivity contribution in [2.24, 2.45) is 5.73 Å². The smallest absolute Gasteiger partial charge is 0.320 e. The predicted molar refractivity (Wildman–Crippen MR) is 56.4 cm³/mol. The van der Waals surface area contributed by atoms with Gasteiger partial charge in [-0.05, 0) is 24.5 Å². The maximum Gasteiger partial charge on any atom is 0.320 e. The van der Waals surface area contributed by atoms with Crippen molar-refractivity contribution in [3.63, 3.8) is 0 Å². The number of aliphatic hydroxyl groups is 1. The van der Waals surface area contributed by atoms with Crippen LogP contribution in [0.3, 0.4) is 0 Å². The van der Waals surface area contributed by atoms with E-state index in [0.717, 1.165) is 11.1 Å². The highest BCUT2D eigenvalue weighted by atomic mass is 16.4. The Bertz CT molecular complexity index is 349. The van der Waals surface area contributed by atoms with Crippen LogP contribution in [-0.4, -0.2) is 22.2 Å². The van der Waals surface area contributed by atoms with Gasteiger partial charge in [0.25, 0.3) is 0 Å². The van der Waals surface area contributed by atoms with Gasteiger partial charge in [0.1, 0.15) is 6.04 Å². The molecule has 0 aromatic heterocycles. The van der Waals surface area contributed by atoms with Gasteiger partial charge in [-0.15, -0.1) is 0 Å². The number of rotatable bonds is 4. The minimum atomic E-state index is -1.03. The molecule has 1 rings (SSSR count). The van der Waals surface area contributed by atoms with E-state index in [2.05, 4.69) is 0 Å². The summed E-state index contributed by atoms with van der Waals surface area (Å²) in [5, 5.41) is 18.2. The van der Waals surface area contributed by atoms with Crippen molar-refractivity contribution in [1.29, 1.82) is 0 Å². The molecule has 1 aromatic rings. The molecule has 4 N–H and O–H groups in total. The molecule has 0 aliphatic rings. The third-order valence-corrected chi connectivity index (χ3v) is 2.26. The van der Waals surface area contributed by atoms with Crippen molar-refractivity contribution in [3.8, 4) is 0 Å². The van der Waals surface area contributed by atoms with Gasteiger partial charge in [0, 0.05) is 0 Å². The Morgan fingerprint density at radius 1 is 1.47 bits per heavy atom. The van der Waals surface area contributed by atoms with E-state index in [1.165, 1.54) is 0 Å². The minimum absolute atomic E-state index is 0.233. The van der Waals surface area contributed by atoms with Crippen LogP contribution in [-0.2, 0) is 11.2 Å². The Hall–Kier alpha value is -1.39. The molecule has 0 aliphatic carbocycles. The van der Waals surface area contributed by atoms with Crippen LogP contribution in [0.15, 0.2) is 24.3 Å². The highest BCUT2D eigenvalue weighted by Crippen LogP contribution is 2.18. The molecule has 0 amide bonds. The summed E-state index contributed by atoms with van der Waals surface area (Å²) in [5.74, 6) is -1.03. The van der Waals surface area contributed by atoms with Gasteiger partial charge in [-0.1, -0.05) is 24.3 Å². The molecule has 15 heavy (non-hydrogen) atoms. The highest BCUT2D eigenvalue weighted by molar-refractivity contribution is 5.73. The van der Waals surface area contributed by atoms with Gasteiger partial charge in [-0.2, -0.15) is 0 Å². The van der Waals surface area contributed by atoms with Crippen molar-refractivity contribution in [3.05, 3.63) is 35.4 Å². The molecule has 0 bridgehead atoms. The summed E-state index contributed by atoms with van der Waals surface area (Å²) in [7, 11) is 0. The van der Waals surface area contributed by atoms with E-state index in [-0.39, 0.29) is 6.42 Å². The molecule has 0 spiro atoms. The lowest BCUT2D eigenvalue weighted by molar-refractivity contribution is -0.138. The van der Waals surface area contributed by atoms with E-state index in [1.807, 2.05) is 0 Å². The number of aliphatic carboxylic acids is 1. The second-order valence-electron chi connectivity index (χ2n) is 3.52. The van der Waals surface area contributed by atoms with Crippen LogP contribution in [0.4, 0.5) is 0 Å². The monoisotopic (exact) mass is 209 g/mol. The third kappa shape index (κ3) is 3.04. The topological polar surface area (TPSA) is 83.5 Å². The van der Waals surface area contributed by atoms with Crippen LogP contribution in [0.2, 0.25) is 0 Å². The number of aliphatic hydroxyl groups excluding tert-OH is 1. The first-order valence-electron chi connectivity index (χ1n) is 4.76. The van der Waals surface area contributed by atoms with Gasteiger partial charge in [0.15, 0.2) is 0 Å². The Morgan fingerprint density at radius 3 is 2.60 bits per heavy atom. The van der Waals surface area contributed by atoms with Gasteiger partial charge < -0.3 is 15.9 Å². The first kappa shape index (κ1) is 11.7. The fourth-order valence-electron chi connectivity index (χ4n) is 1.45. The van der Waals surface area contributed by atoms with Crippen molar-refractivity contribution < 1.29 is 15.0 Å². The third-order valence-electron chi connectivity index (χ3n) is 2.26. The Kier molecular flexibility index (Phi) is 3.82. The Labute approximate surface area is 88.3 Å². The molecule has 4 nitrogen and oxygen atoms in total. The molecule has 0 aliphatic heterocycles. The number of benzene rings is 1. The van der Waals surface area contributed by atoms with E-state index in [1.54, 1.807) is 31.2 Å². The zero-order chi connectivity index (χ0) is 11.4. The lowest BCUT2D eigenvalue weighted by atomic mass is 9.98. The summed E-state index contributed by atoms with van der Waals surface area (Å²) < 4.78 is 0. The van der Waals surface area contributed by atoms with Crippen LogP contribution in [0, 0.1) is 0 Å². The molecule has 0 saturated heterocycles. The molecule has 4 heteroatoms. The molecule has 2 unspecified atom stereocenters. The summed E-state index contributed by atoms with van der Waals surface area (Å²) in [4.78, 5) is 10.6. The molecule has 82 valence electrons. The quantitative estimate of drug-likeness (QED) is 0.681. The minimum Gasteiger partial charge on any atom is -0.480 e. The Balaban J connectivity index is 2.89. The lowest BCUT2D eigenvalue weighted by Gasteiger charge is -2.13. The maximum atomic E-state index is 10.6. The standard InChI is InChI=1S/C11H15NO3/c1-7(13)9-5-3-2-4-8(9)6-10(12)11(14)15/h2-5,7,10,13H,6,12H2,1H3,(H,14,15). The number of nitrogens with two attached hydrogens (primary N) is 1. The second kappa shape index (κ2) is 4.91.